The van der Waals surface area contributed by atoms with Crippen LogP contribution in [0, 0.1) is 6.92 Å². The number of nitrogens with zero attached hydrogens (tertiary/aromatic N) is 1. The van der Waals surface area contributed by atoms with E-state index in [4.69, 9.17) is 4.98 Å². The van der Waals surface area contributed by atoms with Gasteiger partial charge in [0.2, 0.25) is 0 Å². The Morgan fingerprint density at radius 3 is 2.86 bits per heavy atom. The molecule has 21 heavy (non-hydrogen) atoms. The average Bonchev–Trinajstić information content (AvgIpc) is 2.89. The highest BCUT2D eigenvalue weighted by Crippen LogP contribution is 2.46. The highest BCUT2D eigenvalue weighted by Gasteiger charge is 2.29. The zero-order valence-electron chi connectivity index (χ0n) is 12.1. The maximum absolute atomic E-state index is 5.01. The molecule has 0 bridgehead atoms. The lowest BCUT2D eigenvalue weighted by Crippen LogP contribution is -2.18. The first-order valence-corrected chi connectivity index (χ1v) is 10.9. The van der Waals surface area contributed by atoms with Gasteiger partial charge in [0.05, 0.1) is 10.9 Å². The topological polar surface area (TPSA) is 12.9 Å². The molecule has 5 heteroatoms. The van der Waals surface area contributed by atoms with Crippen molar-refractivity contribution in [2.75, 3.05) is 11.5 Å². The van der Waals surface area contributed by atoms with Crippen LogP contribution in [-0.4, -0.2) is 21.7 Å². The van der Waals surface area contributed by atoms with Crippen LogP contribution in [0.1, 0.15) is 28.5 Å². The van der Waals surface area contributed by atoms with E-state index in [9.17, 15) is 0 Å². The van der Waals surface area contributed by atoms with Crippen LogP contribution in [0.4, 0.5) is 0 Å². The summed E-state index contributed by atoms with van der Waals surface area (Å²) in [5.41, 5.74) is 2.37. The van der Waals surface area contributed by atoms with Gasteiger partial charge in [-0.1, -0.05) is 35.0 Å². The average molecular weight is 400 g/mol. The Morgan fingerprint density at radius 1 is 1.29 bits per heavy atom. The molecule has 0 radical (unpaired) electrons. The zero-order chi connectivity index (χ0) is 14.8. The van der Waals surface area contributed by atoms with Crippen LogP contribution >= 0.6 is 50.8 Å². The second-order valence-electron chi connectivity index (χ2n) is 5.08. The first-order chi connectivity index (χ1) is 10.2. The van der Waals surface area contributed by atoms with E-state index in [0.29, 0.717) is 10.5 Å². The maximum atomic E-state index is 5.01. The smallest absolute Gasteiger partial charge is 0.108 e. The van der Waals surface area contributed by atoms with Gasteiger partial charge in [0.25, 0.3) is 0 Å². The summed E-state index contributed by atoms with van der Waals surface area (Å²) in [6.45, 7) is 4.49. The first-order valence-electron chi connectivity index (χ1n) is 7.15. The highest BCUT2D eigenvalue weighted by atomic mass is 79.9. The Balaban J connectivity index is 1.94. The number of halogens is 1. The van der Waals surface area contributed by atoms with E-state index in [1.807, 2.05) is 11.3 Å². The maximum Gasteiger partial charge on any atom is 0.108 e. The lowest BCUT2D eigenvalue weighted by molar-refractivity contribution is 0.789. The molecule has 1 fully saturated rings. The number of aryl methyl sites for hydroxylation is 1. The van der Waals surface area contributed by atoms with Gasteiger partial charge in [0.15, 0.2) is 0 Å². The zero-order valence-corrected chi connectivity index (χ0v) is 16.2. The third-order valence-corrected chi connectivity index (χ3v) is 8.56. The molecule has 0 spiro atoms. The summed E-state index contributed by atoms with van der Waals surface area (Å²) < 4.78 is 1.11. The van der Waals surface area contributed by atoms with Crippen molar-refractivity contribution in [2.24, 2.45) is 0 Å². The van der Waals surface area contributed by atoms with Crippen LogP contribution < -0.4 is 0 Å². The monoisotopic (exact) mass is 399 g/mol. The van der Waals surface area contributed by atoms with Crippen LogP contribution in [0.5, 0.6) is 0 Å². The molecule has 112 valence electrons. The van der Waals surface area contributed by atoms with E-state index in [0.717, 1.165) is 10.2 Å². The fourth-order valence-electron chi connectivity index (χ4n) is 2.57. The molecular formula is C16H18BrNS3. The summed E-state index contributed by atoms with van der Waals surface area (Å²) in [6.07, 6.45) is 1.23. The van der Waals surface area contributed by atoms with Gasteiger partial charge in [-0.25, -0.2) is 4.98 Å². The van der Waals surface area contributed by atoms with Gasteiger partial charge in [-0.2, -0.15) is 11.8 Å². The number of rotatable bonds is 3. The van der Waals surface area contributed by atoms with Gasteiger partial charge in [0.1, 0.15) is 5.01 Å². The van der Waals surface area contributed by atoms with Gasteiger partial charge in [-0.05, 0) is 25.5 Å². The molecule has 0 N–H and O–H groups in total. The van der Waals surface area contributed by atoms with Gasteiger partial charge in [-0.3, -0.25) is 0 Å². The number of aromatic nitrogens is 1. The lowest BCUT2D eigenvalue weighted by atomic mass is 10.1. The van der Waals surface area contributed by atoms with E-state index < -0.39 is 0 Å². The molecule has 1 nitrogen and oxygen atoms in total. The van der Waals surface area contributed by atoms with Crippen LogP contribution in [0.15, 0.2) is 28.7 Å². The second-order valence-corrected chi connectivity index (χ2v) is 9.82. The van der Waals surface area contributed by atoms with Crippen molar-refractivity contribution in [3.8, 4) is 11.3 Å². The summed E-state index contributed by atoms with van der Waals surface area (Å²) in [5.74, 6) is 2.53. The molecule has 1 saturated heterocycles. The normalized spacial score (nSPS) is 22.4. The Bertz CT molecular complexity index is 626. The van der Waals surface area contributed by atoms with Crippen molar-refractivity contribution in [1.29, 1.82) is 0 Å². The third kappa shape index (κ3) is 3.52. The Labute approximate surface area is 147 Å². The van der Waals surface area contributed by atoms with Crippen molar-refractivity contribution >= 4 is 50.8 Å². The molecule has 2 unspecified atom stereocenters. The number of benzene rings is 1. The fraction of sp³-hybridized carbons (Fsp3) is 0.438. The first kappa shape index (κ1) is 15.9. The number of thioether (sulfide) groups is 2. The van der Waals surface area contributed by atoms with E-state index in [-0.39, 0.29) is 0 Å². The molecule has 1 aliphatic heterocycles. The summed E-state index contributed by atoms with van der Waals surface area (Å²) in [5, 5.41) is 2.59. The largest absolute Gasteiger partial charge is 0.240 e. The molecule has 2 heterocycles. The van der Waals surface area contributed by atoms with Crippen molar-refractivity contribution < 1.29 is 0 Å². The lowest BCUT2D eigenvalue weighted by Gasteiger charge is -2.28. The van der Waals surface area contributed by atoms with Crippen LogP contribution in [0.2, 0.25) is 0 Å². The summed E-state index contributed by atoms with van der Waals surface area (Å²) in [4.78, 5) is 6.33. The highest BCUT2D eigenvalue weighted by molar-refractivity contribution is 9.10. The molecule has 0 aliphatic carbocycles. The van der Waals surface area contributed by atoms with E-state index in [1.54, 1.807) is 0 Å². The van der Waals surface area contributed by atoms with Gasteiger partial charge in [-0.15, -0.1) is 23.1 Å². The minimum absolute atomic E-state index is 0.568. The third-order valence-electron chi connectivity index (χ3n) is 3.61. The van der Waals surface area contributed by atoms with Crippen molar-refractivity contribution in [3.05, 3.63) is 38.6 Å². The van der Waals surface area contributed by atoms with Crippen molar-refractivity contribution in [3.63, 3.8) is 0 Å². The quantitative estimate of drug-likeness (QED) is 0.611. The van der Waals surface area contributed by atoms with Crippen LogP contribution in [0.25, 0.3) is 11.3 Å². The predicted octanol–water partition coefficient (Wildman–Crippen LogP) is 6.18. The van der Waals surface area contributed by atoms with Crippen molar-refractivity contribution in [2.45, 2.75) is 30.8 Å². The number of thiazole rings is 1. The second kappa shape index (κ2) is 7.07. The predicted molar refractivity (Wildman–Crippen MR) is 102 cm³/mol. The molecule has 1 aromatic heterocycles. The molecular weight excluding hydrogens is 382 g/mol. The van der Waals surface area contributed by atoms with E-state index >= 15 is 0 Å². The van der Waals surface area contributed by atoms with Crippen LogP contribution in [-0.2, 0) is 0 Å². The summed E-state index contributed by atoms with van der Waals surface area (Å²) in [7, 11) is 0. The standard InChI is InChI=1S/C16H18BrNS3/c1-3-13-15(20-8-7-19-13)16-18-14(10(2)21-16)11-5-4-6-12(17)9-11/h4-6,9,13,15H,3,7-8H2,1-2H3. The molecule has 0 saturated carbocycles. The van der Waals surface area contributed by atoms with Gasteiger partial charge < -0.3 is 0 Å². The fourth-order valence-corrected chi connectivity index (χ4v) is 7.34. The minimum atomic E-state index is 0.568. The van der Waals surface area contributed by atoms with Crippen LogP contribution in [0.3, 0.4) is 0 Å². The summed E-state index contributed by atoms with van der Waals surface area (Å²) in [6, 6.07) is 8.45. The summed E-state index contributed by atoms with van der Waals surface area (Å²) >= 11 is 9.64. The van der Waals surface area contributed by atoms with Gasteiger partial charge in [0, 0.05) is 31.7 Å². The molecule has 0 amide bonds. The number of hydrogen-bond donors (Lipinski definition) is 0. The Kier molecular flexibility index (Phi) is 5.36. The van der Waals surface area contributed by atoms with Gasteiger partial charge >= 0.3 is 0 Å². The molecule has 2 aromatic rings. The molecule has 2 atom stereocenters. The Hall–Kier alpha value is 0.0300. The van der Waals surface area contributed by atoms with E-state index in [1.165, 1.54) is 33.4 Å². The number of hydrogen-bond acceptors (Lipinski definition) is 4. The Morgan fingerprint density at radius 2 is 2.10 bits per heavy atom. The molecule has 3 rings (SSSR count). The minimum Gasteiger partial charge on any atom is -0.240 e. The SMILES string of the molecule is CCC1SCCSC1c1nc(-c2cccc(Br)c2)c(C)s1. The van der Waals surface area contributed by atoms with E-state index in [2.05, 4.69) is 77.6 Å². The molecule has 1 aromatic carbocycles. The van der Waals surface area contributed by atoms with Crippen molar-refractivity contribution in [1.82, 2.24) is 4.98 Å². The molecule has 1 aliphatic rings.